The number of rotatable bonds is 8. The number of aliphatic carboxylic acids is 1. The molecule has 35 heavy (non-hydrogen) atoms. The summed E-state index contributed by atoms with van der Waals surface area (Å²) in [5, 5.41) is 35.5. The molecule has 2 aromatic rings. The van der Waals surface area contributed by atoms with Gasteiger partial charge in [-0.25, -0.2) is 9.59 Å². The minimum atomic E-state index is -1.72. The van der Waals surface area contributed by atoms with Crippen molar-refractivity contribution in [1.82, 2.24) is 5.32 Å². The van der Waals surface area contributed by atoms with Crippen molar-refractivity contribution in [1.29, 1.82) is 0 Å². The predicted octanol–water partition coefficient (Wildman–Crippen LogP) is 3.80. The van der Waals surface area contributed by atoms with Crippen molar-refractivity contribution >= 4 is 12.1 Å². The monoisotopic (exact) mass is 479 g/mol. The molecule has 0 fully saturated rings. The van der Waals surface area contributed by atoms with E-state index in [0.29, 0.717) is 5.57 Å². The summed E-state index contributed by atoms with van der Waals surface area (Å²) in [6, 6.07) is 17.4. The average molecular weight is 480 g/mol. The van der Waals surface area contributed by atoms with Crippen molar-refractivity contribution in [2.24, 2.45) is 0 Å². The first kappa shape index (κ1) is 26.2. The Hall–Kier alpha value is -3.42. The molecule has 3 unspecified atom stereocenters. The number of alkyl carbamates (subject to hydrolysis) is 1. The number of hydrogen-bond acceptors (Lipinski definition) is 5. The van der Waals surface area contributed by atoms with Crippen LogP contribution in [0.15, 0.2) is 84.5 Å². The lowest BCUT2D eigenvalue weighted by atomic mass is 9.70. The first-order valence-electron chi connectivity index (χ1n) is 11.6. The van der Waals surface area contributed by atoms with Crippen molar-refractivity contribution < 1.29 is 29.6 Å². The number of carboxylic acids is 1. The third kappa shape index (κ3) is 7.04. The molecule has 7 nitrogen and oxygen atoms in total. The highest BCUT2D eigenvalue weighted by molar-refractivity contribution is 5.80. The summed E-state index contributed by atoms with van der Waals surface area (Å²) in [4.78, 5) is 24.0. The van der Waals surface area contributed by atoms with Gasteiger partial charge in [0.2, 0.25) is 0 Å². The van der Waals surface area contributed by atoms with E-state index in [1.807, 2.05) is 60.7 Å². The van der Waals surface area contributed by atoms with Crippen molar-refractivity contribution in [3.63, 3.8) is 0 Å². The molecule has 0 heterocycles. The summed E-state index contributed by atoms with van der Waals surface area (Å²) >= 11 is 0. The largest absolute Gasteiger partial charge is 0.480 e. The van der Waals surface area contributed by atoms with Crippen molar-refractivity contribution in [2.45, 2.75) is 62.9 Å². The zero-order valence-electron chi connectivity index (χ0n) is 20.3. The number of ether oxygens (including phenoxy) is 1. The molecule has 7 heteroatoms. The summed E-state index contributed by atoms with van der Waals surface area (Å²) in [5.41, 5.74) is -1.99. The van der Waals surface area contributed by atoms with Gasteiger partial charge in [0, 0.05) is 19.3 Å². The highest BCUT2D eigenvalue weighted by atomic mass is 16.6. The van der Waals surface area contributed by atoms with Crippen LogP contribution in [0.25, 0.3) is 0 Å². The molecule has 1 aliphatic carbocycles. The molecule has 2 aromatic carbocycles. The summed E-state index contributed by atoms with van der Waals surface area (Å²) in [6.45, 7) is 5.06. The van der Waals surface area contributed by atoms with Gasteiger partial charge in [-0.1, -0.05) is 66.7 Å². The van der Waals surface area contributed by atoms with Gasteiger partial charge in [0.25, 0.3) is 0 Å². The van der Waals surface area contributed by atoms with E-state index in [1.165, 1.54) is 12.2 Å². The number of nitrogens with one attached hydrogen (secondary N) is 1. The van der Waals surface area contributed by atoms with Gasteiger partial charge in [0.1, 0.15) is 22.8 Å². The highest BCUT2D eigenvalue weighted by Gasteiger charge is 2.48. The van der Waals surface area contributed by atoms with Crippen LogP contribution in [-0.4, -0.2) is 50.2 Å². The number of aliphatic hydroxyl groups is 2. The lowest BCUT2D eigenvalue weighted by Crippen LogP contribution is -2.56. The van der Waals surface area contributed by atoms with Crippen molar-refractivity contribution in [3.8, 4) is 0 Å². The fraction of sp³-hybridized carbons (Fsp3) is 0.357. The van der Waals surface area contributed by atoms with Gasteiger partial charge >= 0.3 is 12.1 Å². The fourth-order valence-corrected chi connectivity index (χ4v) is 4.11. The molecule has 0 bridgehead atoms. The van der Waals surface area contributed by atoms with E-state index in [1.54, 1.807) is 26.8 Å². The van der Waals surface area contributed by atoms with E-state index in [9.17, 15) is 24.9 Å². The minimum Gasteiger partial charge on any atom is -0.480 e. The number of hydrogen-bond donors (Lipinski definition) is 4. The lowest BCUT2D eigenvalue weighted by Gasteiger charge is -2.43. The maximum Gasteiger partial charge on any atom is 0.408 e. The van der Waals surface area contributed by atoms with Crippen LogP contribution < -0.4 is 5.32 Å². The van der Waals surface area contributed by atoms with E-state index < -0.39 is 34.9 Å². The van der Waals surface area contributed by atoms with Gasteiger partial charge in [0.15, 0.2) is 0 Å². The van der Waals surface area contributed by atoms with Gasteiger partial charge in [-0.05, 0) is 49.6 Å². The molecule has 0 aromatic heterocycles. The molecular formula is C28H33NO6. The second kappa shape index (κ2) is 10.5. The van der Waals surface area contributed by atoms with Gasteiger partial charge in [-0.15, -0.1) is 0 Å². The van der Waals surface area contributed by atoms with Gasteiger partial charge < -0.3 is 25.4 Å². The van der Waals surface area contributed by atoms with E-state index in [-0.39, 0.29) is 19.3 Å². The summed E-state index contributed by atoms with van der Waals surface area (Å²) in [7, 11) is 0. The van der Waals surface area contributed by atoms with Crippen LogP contribution >= 0.6 is 0 Å². The smallest absolute Gasteiger partial charge is 0.408 e. The molecule has 1 aliphatic rings. The second-order valence-electron chi connectivity index (χ2n) is 9.97. The molecule has 3 rings (SSSR count). The lowest BCUT2D eigenvalue weighted by molar-refractivity contribution is -0.139. The van der Waals surface area contributed by atoms with Crippen LogP contribution in [-0.2, 0) is 22.4 Å². The first-order valence-corrected chi connectivity index (χ1v) is 11.6. The molecule has 0 saturated heterocycles. The average Bonchev–Trinajstić information content (AvgIpc) is 2.76. The van der Waals surface area contributed by atoms with E-state index in [0.717, 1.165) is 11.1 Å². The Morgan fingerprint density at radius 3 is 1.91 bits per heavy atom. The molecule has 0 spiro atoms. The summed E-state index contributed by atoms with van der Waals surface area (Å²) < 4.78 is 5.19. The Morgan fingerprint density at radius 1 is 0.914 bits per heavy atom. The maximum atomic E-state index is 12.2. The van der Waals surface area contributed by atoms with Crippen LogP contribution in [0.5, 0.6) is 0 Å². The van der Waals surface area contributed by atoms with E-state index >= 15 is 0 Å². The SMILES string of the molecule is CC(C)(C)OC(=O)NC(CC1=CC(O)(Cc2ccccc2)C(O)(Cc2ccccc2)C=C1)C(=O)O. The summed E-state index contributed by atoms with van der Waals surface area (Å²) in [6.07, 6.45) is 3.97. The first-order chi connectivity index (χ1) is 16.4. The van der Waals surface area contributed by atoms with Crippen LogP contribution in [0.2, 0.25) is 0 Å². The molecular weight excluding hydrogens is 446 g/mol. The molecule has 0 aliphatic heterocycles. The number of benzene rings is 2. The number of allylic oxidation sites excluding steroid dienone is 1. The summed E-state index contributed by atoms with van der Waals surface area (Å²) in [5.74, 6) is -1.23. The quantitative estimate of drug-likeness (QED) is 0.458. The number of carboxylic acid groups (broad SMARTS) is 1. The van der Waals surface area contributed by atoms with Crippen LogP contribution in [0.4, 0.5) is 4.79 Å². The molecule has 0 radical (unpaired) electrons. The van der Waals surface area contributed by atoms with Crippen LogP contribution in [0.1, 0.15) is 38.3 Å². The highest BCUT2D eigenvalue weighted by Crippen LogP contribution is 2.38. The molecule has 3 atom stereocenters. The molecule has 186 valence electrons. The number of amides is 1. The fourth-order valence-electron chi connectivity index (χ4n) is 4.11. The normalized spacial score (nSPS) is 22.7. The van der Waals surface area contributed by atoms with Gasteiger partial charge in [-0.2, -0.15) is 0 Å². The third-order valence-corrected chi connectivity index (χ3v) is 5.81. The van der Waals surface area contributed by atoms with Crippen molar-refractivity contribution in [3.05, 3.63) is 95.6 Å². The molecule has 4 N–H and O–H groups in total. The Labute approximate surface area is 205 Å². The van der Waals surface area contributed by atoms with Crippen molar-refractivity contribution in [2.75, 3.05) is 0 Å². The number of carbonyl (C=O) groups excluding carboxylic acids is 1. The van der Waals surface area contributed by atoms with E-state index in [2.05, 4.69) is 5.32 Å². The van der Waals surface area contributed by atoms with E-state index in [4.69, 9.17) is 4.74 Å². The Balaban J connectivity index is 1.89. The van der Waals surface area contributed by atoms with Crippen LogP contribution in [0, 0.1) is 0 Å². The Morgan fingerprint density at radius 2 is 1.43 bits per heavy atom. The zero-order valence-corrected chi connectivity index (χ0v) is 20.3. The van der Waals surface area contributed by atoms with Crippen LogP contribution in [0.3, 0.4) is 0 Å². The maximum absolute atomic E-state index is 12.2. The molecule has 1 amide bonds. The zero-order chi connectivity index (χ0) is 25.7. The van der Waals surface area contributed by atoms with Gasteiger partial charge in [0.05, 0.1) is 0 Å². The number of carbonyl (C=O) groups is 2. The third-order valence-electron chi connectivity index (χ3n) is 5.81. The Kier molecular flexibility index (Phi) is 7.83. The molecule has 0 saturated carbocycles. The second-order valence-corrected chi connectivity index (χ2v) is 9.97. The minimum absolute atomic E-state index is 0.0937. The Bertz CT molecular complexity index is 1090. The van der Waals surface area contributed by atoms with Gasteiger partial charge in [-0.3, -0.25) is 0 Å². The topological polar surface area (TPSA) is 116 Å². The predicted molar refractivity (Wildman–Crippen MR) is 133 cm³/mol. The standard InChI is InChI=1S/C28H33NO6/c1-26(2,3)35-25(32)29-23(24(30)31)16-22-14-15-27(33,17-20-10-6-4-7-11-20)28(34,19-22)18-21-12-8-5-9-13-21/h4-15,19,23,33-34H,16-18H2,1-3H3,(H,29,32)(H,30,31).